The number of nitrogens with zero attached hydrogens (tertiary/aromatic N) is 4. The fourth-order valence-electron chi connectivity index (χ4n) is 2.72. The molecule has 0 spiro atoms. The Labute approximate surface area is 140 Å². The first kappa shape index (κ1) is 14.3. The van der Waals surface area contributed by atoms with E-state index in [-0.39, 0.29) is 0 Å². The molecule has 0 saturated heterocycles. The maximum absolute atomic E-state index is 4.48. The summed E-state index contributed by atoms with van der Waals surface area (Å²) in [5, 5.41) is 0. The van der Waals surface area contributed by atoms with Crippen LogP contribution in [0.5, 0.6) is 0 Å². The Kier molecular flexibility index (Phi) is 3.63. The van der Waals surface area contributed by atoms with Crippen molar-refractivity contribution >= 4 is 0 Å². The highest BCUT2D eigenvalue weighted by Crippen LogP contribution is 2.24. The van der Waals surface area contributed by atoms with E-state index in [2.05, 4.69) is 46.1 Å². The fraction of sp³-hybridized carbons (Fsp3) is 0.0500. The van der Waals surface area contributed by atoms with E-state index in [1.165, 1.54) is 5.56 Å². The van der Waals surface area contributed by atoms with Crippen molar-refractivity contribution in [3.05, 3.63) is 85.2 Å². The molecule has 0 aliphatic heterocycles. The Balaban J connectivity index is 1.75. The van der Waals surface area contributed by atoms with Gasteiger partial charge in [-0.1, -0.05) is 18.2 Å². The van der Waals surface area contributed by atoms with Crippen molar-refractivity contribution in [1.29, 1.82) is 0 Å². The molecule has 4 heteroatoms. The van der Waals surface area contributed by atoms with Gasteiger partial charge in [0, 0.05) is 36.0 Å². The van der Waals surface area contributed by atoms with Crippen LogP contribution in [0.3, 0.4) is 0 Å². The number of pyridine rings is 2. The number of rotatable bonds is 3. The monoisotopic (exact) mass is 312 g/mol. The van der Waals surface area contributed by atoms with Gasteiger partial charge in [-0.2, -0.15) is 0 Å². The van der Waals surface area contributed by atoms with Crippen molar-refractivity contribution in [1.82, 2.24) is 19.5 Å². The molecule has 4 nitrogen and oxygen atoms in total. The third-order valence-electron chi connectivity index (χ3n) is 3.87. The summed E-state index contributed by atoms with van der Waals surface area (Å²) in [6.45, 7) is 2.10. The molecule has 0 unspecified atom stereocenters. The van der Waals surface area contributed by atoms with Crippen LogP contribution in [-0.2, 0) is 0 Å². The van der Waals surface area contributed by atoms with Gasteiger partial charge in [0.1, 0.15) is 5.69 Å². The largest absolute Gasteiger partial charge is 0.306 e. The number of hydrogen-bond acceptors (Lipinski definition) is 3. The van der Waals surface area contributed by atoms with Crippen LogP contribution in [0.4, 0.5) is 0 Å². The molecule has 0 radical (unpaired) electrons. The highest BCUT2D eigenvalue weighted by atomic mass is 15.0. The van der Waals surface area contributed by atoms with Gasteiger partial charge in [-0.15, -0.1) is 0 Å². The molecule has 1 aromatic carbocycles. The Morgan fingerprint density at radius 3 is 2.58 bits per heavy atom. The Hall–Kier alpha value is -3.27. The van der Waals surface area contributed by atoms with Gasteiger partial charge in [-0.05, 0) is 48.4 Å². The first-order valence-corrected chi connectivity index (χ1v) is 7.77. The summed E-state index contributed by atoms with van der Waals surface area (Å²) in [6.07, 6.45) is 9.28. The number of hydrogen-bond donors (Lipinski definition) is 0. The molecule has 0 aliphatic carbocycles. The van der Waals surface area contributed by atoms with Gasteiger partial charge in [-0.3, -0.25) is 9.97 Å². The second-order valence-corrected chi connectivity index (χ2v) is 5.68. The van der Waals surface area contributed by atoms with Gasteiger partial charge < -0.3 is 4.57 Å². The van der Waals surface area contributed by atoms with Crippen LogP contribution in [-0.4, -0.2) is 19.5 Å². The molecule has 116 valence electrons. The first-order chi connectivity index (χ1) is 11.8. The molecule has 4 aromatic rings. The highest BCUT2D eigenvalue weighted by molar-refractivity contribution is 5.66. The quantitative estimate of drug-likeness (QED) is 0.566. The van der Waals surface area contributed by atoms with Crippen LogP contribution in [0.15, 0.2) is 79.6 Å². The minimum Gasteiger partial charge on any atom is -0.306 e. The molecule has 0 aliphatic rings. The van der Waals surface area contributed by atoms with Crippen molar-refractivity contribution in [3.8, 4) is 28.2 Å². The molecular formula is C20H16N4. The second-order valence-electron chi connectivity index (χ2n) is 5.68. The van der Waals surface area contributed by atoms with E-state index < -0.39 is 0 Å². The number of benzene rings is 1. The summed E-state index contributed by atoms with van der Waals surface area (Å²) >= 11 is 0. The topological polar surface area (TPSA) is 43.6 Å². The van der Waals surface area contributed by atoms with Crippen molar-refractivity contribution in [3.63, 3.8) is 0 Å². The van der Waals surface area contributed by atoms with Gasteiger partial charge >= 0.3 is 0 Å². The number of aromatic nitrogens is 4. The first-order valence-electron chi connectivity index (χ1n) is 7.77. The SMILES string of the molecule is Cc1cc(-c2cccnc2)cc(-n2cnc(-c3ccccn3)c2)c1. The molecule has 3 heterocycles. The smallest absolute Gasteiger partial charge is 0.107 e. The average molecular weight is 312 g/mol. The van der Waals surface area contributed by atoms with Gasteiger partial charge in [0.05, 0.1) is 12.0 Å². The molecule has 3 aromatic heterocycles. The van der Waals surface area contributed by atoms with E-state index in [9.17, 15) is 0 Å². The van der Waals surface area contributed by atoms with Gasteiger partial charge in [0.25, 0.3) is 0 Å². The van der Waals surface area contributed by atoms with Gasteiger partial charge in [0.2, 0.25) is 0 Å². The van der Waals surface area contributed by atoms with E-state index >= 15 is 0 Å². The summed E-state index contributed by atoms with van der Waals surface area (Å²) in [6, 6.07) is 16.3. The lowest BCUT2D eigenvalue weighted by Crippen LogP contribution is -1.92. The molecule has 0 bridgehead atoms. The lowest BCUT2D eigenvalue weighted by atomic mass is 10.0. The average Bonchev–Trinajstić information content (AvgIpc) is 3.13. The molecular weight excluding hydrogens is 296 g/mol. The maximum Gasteiger partial charge on any atom is 0.107 e. The Bertz CT molecular complexity index is 959. The molecule has 0 saturated carbocycles. The summed E-state index contributed by atoms with van der Waals surface area (Å²) in [7, 11) is 0. The van der Waals surface area contributed by atoms with E-state index in [1.807, 2.05) is 47.6 Å². The van der Waals surface area contributed by atoms with Crippen molar-refractivity contribution in [2.45, 2.75) is 6.92 Å². The summed E-state index contributed by atoms with van der Waals surface area (Å²) < 4.78 is 2.02. The lowest BCUT2D eigenvalue weighted by Gasteiger charge is -2.08. The Morgan fingerprint density at radius 1 is 0.833 bits per heavy atom. The zero-order chi connectivity index (χ0) is 16.4. The van der Waals surface area contributed by atoms with Gasteiger partial charge in [0.15, 0.2) is 0 Å². The lowest BCUT2D eigenvalue weighted by molar-refractivity contribution is 1.05. The van der Waals surface area contributed by atoms with E-state index in [1.54, 1.807) is 12.4 Å². The summed E-state index contributed by atoms with van der Waals surface area (Å²) in [5.74, 6) is 0. The molecule has 0 atom stereocenters. The highest BCUT2D eigenvalue weighted by Gasteiger charge is 2.07. The normalized spacial score (nSPS) is 10.7. The predicted octanol–water partition coefficient (Wildman–Crippen LogP) is 4.30. The van der Waals surface area contributed by atoms with Crippen molar-refractivity contribution < 1.29 is 0 Å². The minimum absolute atomic E-state index is 0.861. The minimum atomic E-state index is 0.861. The van der Waals surface area contributed by atoms with Crippen LogP contribution in [0.1, 0.15) is 5.56 Å². The zero-order valence-corrected chi connectivity index (χ0v) is 13.3. The molecule has 24 heavy (non-hydrogen) atoms. The fourth-order valence-corrected chi connectivity index (χ4v) is 2.72. The molecule has 0 amide bonds. The second kappa shape index (κ2) is 6.08. The number of aryl methyl sites for hydroxylation is 1. The molecule has 4 rings (SSSR count). The standard InChI is InChI=1S/C20H16N4/c1-15-9-17(16-5-4-7-21-12-16)11-18(10-15)24-13-20(23-14-24)19-6-2-3-8-22-19/h2-14H,1H3. The number of imidazole rings is 1. The van der Waals surface area contributed by atoms with E-state index in [0.29, 0.717) is 0 Å². The third-order valence-corrected chi connectivity index (χ3v) is 3.87. The van der Waals surface area contributed by atoms with Crippen LogP contribution >= 0.6 is 0 Å². The van der Waals surface area contributed by atoms with Crippen LogP contribution < -0.4 is 0 Å². The van der Waals surface area contributed by atoms with E-state index in [4.69, 9.17) is 0 Å². The van der Waals surface area contributed by atoms with Crippen molar-refractivity contribution in [2.75, 3.05) is 0 Å². The molecule has 0 fully saturated rings. The van der Waals surface area contributed by atoms with Crippen molar-refractivity contribution in [2.24, 2.45) is 0 Å². The summed E-state index contributed by atoms with van der Waals surface area (Å²) in [5.41, 5.74) is 6.25. The predicted molar refractivity (Wildman–Crippen MR) is 94.8 cm³/mol. The van der Waals surface area contributed by atoms with E-state index in [0.717, 1.165) is 28.2 Å². The Morgan fingerprint density at radius 2 is 1.79 bits per heavy atom. The summed E-state index contributed by atoms with van der Waals surface area (Å²) in [4.78, 5) is 13.0. The maximum atomic E-state index is 4.48. The molecule has 0 N–H and O–H groups in total. The van der Waals surface area contributed by atoms with Crippen LogP contribution in [0, 0.1) is 6.92 Å². The van der Waals surface area contributed by atoms with Crippen LogP contribution in [0.25, 0.3) is 28.2 Å². The third kappa shape index (κ3) is 2.82. The van der Waals surface area contributed by atoms with Gasteiger partial charge in [-0.25, -0.2) is 4.98 Å². The zero-order valence-electron chi connectivity index (χ0n) is 13.3. The van der Waals surface area contributed by atoms with Crippen LogP contribution in [0.2, 0.25) is 0 Å².